The third kappa shape index (κ3) is 5.70. The lowest BCUT2D eigenvalue weighted by molar-refractivity contribution is -0.0453. The molecule has 3 atom stereocenters. The van der Waals surface area contributed by atoms with Crippen molar-refractivity contribution in [3.8, 4) is 5.75 Å². The fraction of sp³-hybridized carbons (Fsp3) is 0.708. The Hall–Kier alpha value is -1.83. The van der Waals surface area contributed by atoms with Crippen LogP contribution < -0.4 is 15.4 Å². The molecule has 1 aromatic rings. The molecule has 3 aliphatic rings. The lowest BCUT2D eigenvalue weighted by atomic mass is 10.0. The number of fused-ring (bicyclic) bond motifs is 1. The van der Waals surface area contributed by atoms with Gasteiger partial charge in [0.25, 0.3) is 0 Å². The average molecular weight is 430 g/mol. The van der Waals surface area contributed by atoms with Crippen molar-refractivity contribution in [2.24, 2.45) is 4.99 Å². The smallest absolute Gasteiger partial charge is 0.191 e. The minimum absolute atomic E-state index is 0.224. The second-order valence-electron chi connectivity index (χ2n) is 8.85. The molecule has 1 aromatic carbocycles. The quantitative estimate of drug-likeness (QED) is 0.488. The minimum atomic E-state index is 0.224. The molecule has 0 radical (unpaired) electrons. The van der Waals surface area contributed by atoms with Crippen molar-refractivity contribution in [1.82, 2.24) is 20.4 Å². The Kier molecular flexibility index (Phi) is 8.05. The van der Waals surface area contributed by atoms with Gasteiger partial charge < -0.3 is 20.1 Å². The highest BCUT2D eigenvalue weighted by molar-refractivity contribution is 5.79. The molecule has 0 bridgehead atoms. The molecule has 0 amide bonds. The van der Waals surface area contributed by atoms with Crippen LogP contribution in [0.4, 0.5) is 0 Å². The number of nitrogens with one attached hydrogen (secondary N) is 2. The summed E-state index contributed by atoms with van der Waals surface area (Å²) in [6, 6.07) is 9.23. The molecule has 7 heteroatoms. The van der Waals surface area contributed by atoms with E-state index < -0.39 is 0 Å². The Morgan fingerprint density at radius 2 is 2.03 bits per heavy atom. The molecule has 31 heavy (non-hydrogen) atoms. The van der Waals surface area contributed by atoms with Crippen LogP contribution in [0, 0.1) is 0 Å². The summed E-state index contributed by atoms with van der Waals surface area (Å²) in [6.45, 7) is 9.79. The molecule has 7 nitrogen and oxygen atoms in total. The highest BCUT2D eigenvalue weighted by Gasteiger charge is 2.32. The van der Waals surface area contributed by atoms with E-state index in [0.29, 0.717) is 12.6 Å². The van der Waals surface area contributed by atoms with Crippen molar-refractivity contribution in [3.05, 3.63) is 29.8 Å². The van der Waals surface area contributed by atoms with Gasteiger partial charge in [-0.2, -0.15) is 0 Å². The number of likely N-dealkylation sites (tertiary alicyclic amines) is 1. The van der Waals surface area contributed by atoms with Crippen molar-refractivity contribution < 1.29 is 9.47 Å². The number of rotatable bonds is 8. The van der Waals surface area contributed by atoms with E-state index in [1.165, 1.54) is 37.8 Å². The van der Waals surface area contributed by atoms with Crippen LogP contribution in [0.1, 0.15) is 44.2 Å². The largest absolute Gasteiger partial charge is 0.496 e. The summed E-state index contributed by atoms with van der Waals surface area (Å²) in [5, 5.41) is 6.95. The highest BCUT2D eigenvalue weighted by atomic mass is 16.5. The van der Waals surface area contributed by atoms with E-state index in [1.807, 2.05) is 6.07 Å². The van der Waals surface area contributed by atoms with Gasteiger partial charge in [-0.25, -0.2) is 0 Å². The van der Waals surface area contributed by atoms with Crippen molar-refractivity contribution >= 4 is 5.96 Å². The molecular weight excluding hydrogens is 390 g/mol. The van der Waals surface area contributed by atoms with Crippen molar-refractivity contribution in [1.29, 1.82) is 0 Å². The summed E-state index contributed by atoms with van der Waals surface area (Å²) in [5.41, 5.74) is 1.22. The van der Waals surface area contributed by atoms with Gasteiger partial charge in [-0.15, -0.1) is 0 Å². The molecule has 0 aromatic heterocycles. The molecule has 0 saturated carbocycles. The number of ether oxygens (including phenoxy) is 2. The van der Waals surface area contributed by atoms with Crippen LogP contribution in [0.5, 0.6) is 5.75 Å². The van der Waals surface area contributed by atoms with Crippen molar-refractivity contribution in [2.45, 2.75) is 50.8 Å². The molecule has 172 valence electrons. The Morgan fingerprint density at radius 3 is 2.84 bits per heavy atom. The Labute approximate surface area is 187 Å². The van der Waals surface area contributed by atoms with Crippen LogP contribution >= 0.6 is 0 Å². The van der Waals surface area contributed by atoms with Crippen LogP contribution in [0.25, 0.3) is 0 Å². The first-order valence-corrected chi connectivity index (χ1v) is 12.0. The molecule has 0 aliphatic carbocycles. The molecule has 0 spiro atoms. The first kappa shape index (κ1) is 22.4. The summed E-state index contributed by atoms with van der Waals surface area (Å²) in [7, 11) is 1.75. The predicted octanol–water partition coefficient (Wildman–Crippen LogP) is 2.25. The summed E-state index contributed by atoms with van der Waals surface area (Å²) >= 11 is 0. The molecule has 3 aliphatic heterocycles. The lowest BCUT2D eigenvalue weighted by Crippen LogP contribution is -2.51. The normalized spacial score (nSPS) is 25.9. The first-order valence-electron chi connectivity index (χ1n) is 12.0. The van der Waals surface area contributed by atoms with Gasteiger partial charge in [-0.1, -0.05) is 18.2 Å². The van der Waals surface area contributed by atoms with E-state index in [4.69, 9.17) is 14.5 Å². The number of hydrogen-bond donors (Lipinski definition) is 2. The van der Waals surface area contributed by atoms with Gasteiger partial charge in [-0.05, 0) is 58.3 Å². The molecular formula is C24H39N5O2. The molecule has 2 N–H and O–H groups in total. The number of guanidine groups is 1. The Balaban J connectivity index is 1.41. The van der Waals surface area contributed by atoms with Gasteiger partial charge >= 0.3 is 0 Å². The zero-order valence-electron chi connectivity index (χ0n) is 19.2. The van der Waals surface area contributed by atoms with Crippen molar-refractivity contribution in [2.75, 3.05) is 59.5 Å². The number of nitrogens with zero attached hydrogens (tertiary/aromatic N) is 3. The molecule has 4 rings (SSSR count). The van der Waals surface area contributed by atoms with E-state index in [9.17, 15) is 0 Å². The maximum atomic E-state index is 6.12. The topological polar surface area (TPSA) is 61.4 Å². The number of para-hydroxylation sites is 1. The van der Waals surface area contributed by atoms with Gasteiger partial charge in [0.05, 0.1) is 32.4 Å². The van der Waals surface area contributed by atoms with Crippen LogP contribution in [-0.2, 0) is 4.74 Å². The summed E-state index contributed by atoms with van der Waals surface area (Å²) < 4.78 is 11.8. The second-order valence-corrected chi connectivity index (χ2v) is 8.85. The summed E-state index contributed by atoms with van der Waals surface area (Å²) in [6.07, 6.45) is 5.32. The fourth-order valence-electron chi connectivity index (χ4n) is 5.14. The van der Waals surface area contributed by atoms with Crippen LogP contribution in [0.15, 0.2) is 29.3 Å². The lowest BCUT2D eigenvalue weighted by Gasteiger charge is -2.35. The molecule has 3 unspecified atom stereocenters. The molecule has 3 fully saturated rings. The zero-order valence-corrected chi connectivity index (χ0v) is 19.2. The monoisotopic (exact) mass is 429 g/mol. The van der Waals surface area contributed by atoms with E-state index >= 15 is 0 Å². The van der Waals surface area contributed by atoms with Crippen LogP contribution in [0.2, 0.25) is 0 Å². The minimum Gasteiger partial charge on any atom is -0.496 e. The Bertz CT molecular complexity index is 722. The number of aliphatic imine (C=N–C) groups is 1. The van der Waals surface area contributed by atoms with E-state index in [2.05, 4.69) is 45.6 Å². The number of methoxy groups -OCH3 is 1. The van der Waals surface area contributed by atoms with Crippen LogP contribution in [-0.4, -0.2) is 87.4 Å². The number of hydrogen-bond acceptors (Lipinski definition) is 5. The highest BCUT2D eigenvalue weighted by Crippen LogP contribution is 2.32. The van der Waals surface area contributed by atoms with Gasteiger partial charge in [0, 0.05) is 31.2 Å². The van der Waals surface area contributed by atoms with E-state index in [1.54, 1.807) is 7.11 Å². The van der Waals surface area contributed by atoms with Gasteiger partial charge in [0.15, 0.2) is 5.96 Å². The first-order chi connectivity index (χ1) is 15.3. The standard InChI is InChI=1S/C24H39N5O2/c1-3-25-24(26-15-20-17-29-14-8-9-19(29)18-31-20)27-16-22(28-12-6-7-13-28)21-10-4-5-11-23(21)30-2/h4-5,10-11,19-20,22H,3,6-9,12-18H2,1-2H3,(H2,25,26,27). The zero-order chi connectivity index (χ0) is 21.5. The van der Waals surface area contributed by atoms with Gasteiger partial charge in [0.2, 0.25) is 0 Å². The number of benzene rings is 1. The van der Waals surface area contributed by atoms with Crippen molar-refractivity contribution in [3.63, 3.8) is 0 Å². The fourth-order valence-corrected chi connectivity index (χ4v) is 5.14. The van der Waals surface area contributed by atoms with E-state index in [0.717, 1.165) is 51.0 Å². The van der Waals surface area contributed by atoms with Crippen LogP contribution in [0.3, 0.4) is 0 Å². The summed E-state index contributed by atoms with van der Waals surface area (Å²) in [4.78, 5) is 10.1. The SMILES string of the molecule is CCNC(=NCC(c1ccccc1OC)N1CCCC1)NCC1CN2CCCC2CO1. The summed E-state index contributed by atoms with van der Waals surface area (Å²) in [5.74, 6) is 1.82. The third-order valence-corrected chi connectivity index (χ3v) is 6.80. The molecule has 3 heterocycles. The maximum absolute atomic E-state index is 6.12. The van der Waals surface area contributed by atoms with Gasteiger partial charge in [0.1, 0.15) is 5.75 Å². The average Bonchev–Trinajstić information content (AvgIpc) is 3.49. The maximum Gasteiger partial charge on any atom is 0.191 e. The predicted molar refractivity (Wildman–Crippen MR) is 125 cm³/mol. The third-order valence-electron chi connectivity index (χ3n) is 6.80. The van der Waals surface area contributed by atoms with E-state index in [-0.39, 0.29) is 12.1 Å². The Morgan fingerprint density at radius 1 is 1.19 bits per heavy atom. The second kappa shape index (κ2) is 11.2. The number of morpholine rings is 1. The molecule has 3 saturated heterocycles. The van der Waals surface area contributed by atoms with Gasteiger partial charge in [-0.3, -0.25) is 14.8 Å².